The summed E-state index contributed by atoms with van der Waals surface area (Å²) in [6.07, 6.45) is 7.26. The van der Waals surface area contributed by atoms with Crippen LogP contribution in [0.3, 0.4) is 0 Å². The molecule has 1 saturated heterocycles. The van der Waals surface area contributed by atoms with E-state index in [1.807, 2.05) is 0 Å². The van der Waals surface area contributed by atoms with Crippen LogP contribution in [0.4, 0.5) is 0 Å². The first kappa shape index (κ1) is 10.2. The van der Waals surface area contributed by atoms with Gasteiger partial charge in [0.1, 0.15) is 0 Å². The third-order valence-corrected chi connectivity index (χ3v) is 3.49. The van der Waals surface area contributed by atoms with Crippen molar-refractivity contribution in [2.24, 2.45) is 5.92 Å². The molecule has 2 heteroatoms. The van der Waals surface area contributed by atoms with Crippen LogP contribution in [0.25, 0.3) is 0 Å². The van der Waals surface area contributed by atoms with Crippen molar-refractivity contribution in [3.63, 3.8) is 0 Å². The number of nitrogens with zero attached hydrogens (tertiary/aromatic N) is 1. The summed E-state index contributed by atoms with van der Waals surface area (Å²) in [6, 6.07) is 1.38. The highest BCUT2D eigenvalue weighted by molar-refractivity contribution is 4.96. The van der Waals surface area contributed by atoms with Crippen LogP contribution in [-0.4, -0.2) is 36.6 Å². The van der Waals surface area contributed by atoms with Gasteiger partial charge >= 0.3 is 0 Å². The van der Waals surface area contributed by atoms with Crippen molar-refractivity contribution in [3.05, 3.63) is 12.2 Å². The van der Waals surface area contributed by atoms with Gasteiger partial charge < -0.3 is 5.32 Å². The van der Waals surface area contributed by atoms with Gasteiger partial charge in [-0.2, -0.15) is 0 Å². The molecule has 1 aliphatic carbocycles. The molecule has 14 heavy (non-hydrogen) atoms. The Balaban J connectivity index is 1.82. The summed E-state index contributed by atoms with van der Waals surface area (Å²) in [7, 11) is 0. The summed E-state index contributed by atoms with van der Waals surface area (Å²) in [5, 5.41) is 3.53. The quantitative estimate of drug-likeness (QED) is 0.672. The maximum atomic E-state index is 3.53. The van der Waals surface area contributed by atoms with E-state index in [2.05, 4.69) is 36.2 Å². The number of allylic oxidation sites excluding steroid dienone is 2. The molecule has 0 radical (unpaired) electrons. The minimum atomic E-state index is 0.667. The van der Waals surface area contributed by atoms with E-state index in [0.717, 1.165) is 12.5 Å². The predicted molar refractivity (Wildman–Crippen MR) is 60.4 cm³/mol. The first-order chi connectivity index (χ1) is 6.75. The van der Waals surface area contributed by atoms with Crippen LogP contribution >= 0.6 is 0 Å². The second-order valence-electron chi connectivity index (χ2n) is 4.92. The molecule has 0 spiro atoms. The third kappa shape index (κ3) is 2.37. The topological polar surface area (TPSA) is 15.3 Å². The van der Waals surface area contributed by atoms with Crippen LogP contribution in [0, 0.1) is 5.92 Å². The average Bonchev–Trinajstić information content (AvgIpc) is 2.64. The largest absolute Gasteiger partial charge is 0.311 e. The molecule has 0 bridgehead atoms. The molecular formula is C12H22N2. The van der Waals surface area contributed by atoms with Gasteiger partial charge in [0.15, 0.2) is 0 Å². The van der Waals surface area contributed by atoms with Crippen LogP contribution in [0.15, 0.2) is 12.2 Å². The predicted octanol–water partition coefficient (Wildman–Crippen LogP) is 1.63. The normalized spacial score (nSPS) is 35.3. The van der Waals surface area contributed by atoms with E-state index in [1.54, 1.807) is 0 Å². The summed E-state index contributed by atoms with van der Waals surface area (Å²) in [4.78, 5) is 2.65. The molecular weight excluding hydrogens is 172 g/mol. The monoisotopic (exact) mass is 194 g/mol. The molecule has 1 heterocycles. The standard InChI is InChI=1S/C12H22N2/c1-10-8-14(11(2)7-13-10)9-12-5-3-4-6-12/h3-4,10-13H,5-9H2,1-2H3. The Morgan fingerprint density at radius 3 is 2.71 bits per heavy atom. The Kier molecular flexibility index (Phi) is 3.24. The molecule has 0 saturated carbocycles. The van der Waals surface area contributed by atoms with E-state index in [4.69, 9.17) is 0 Å². The third-order valence-electron chi connectivity index (χ3n) is 3.49. The van der Waals surface area contributed by atoms with Crippen LogP contribution in [-0.2, 0) is 0 Å². The van der Waals surface area contributed by atoms with Crippen LogP contribution in [0.5, 0.6) is 0 Å². The number of nitrogens with one attached hydrogen (secondary N) is 1. The molecule has 1 fully saturated rings. The van der Waals surface area contributed by atoms with E-state index in [0.29, 0.717) is 12.1 Å². The summed E-state index contributed by atoms with van der Waals surface area (Å²) < 4.78 is 0. The molecule has 2 nitrogen and oxygen atoms in total. The van der Waals surface area contributed by atoms with Crippen LogP contribution < -0.4 is 5.32 Å². The molecule has 2 atom stereocenters. The van der Waals surface area contributed by atoms with Gasteiger partial charge in [-0.25, -0.2) is 0 Å². The second kappa shape index (κ2) is 4.45. The molecule has 0 aromatic carbocycles. The lowest BCUT2D eigenvalue weighted by Gasteiger charge is -2.38. The molecule has 0 aromatic heterocycles. The Bertz CT molecular complexity index is 204. The van der Waals surface area contributed by atoms with E-state index in [9.17, 15) is 0 Å². The van der Waals surface area contributed by atoms with Crippen LogP contribution in [0.2, 0.25) is 0 Å². The Hall–Kier alpha value is -0.340. The molecule has 2 aliphatic rings. The zero-order chi connectivity index (χ0) is 9.97. The van der Waals surface area contributed by atoms with Gasteiger partial charge in [0, 0.05) is 31.7 Å². The minimum absolute atomic E-state index is 0.667. The lowest BCUT2D eigenvalue weighted by molar-refractivity contribution is 0.126. The molecule has 1 N–H and O–H groups in total. The second-order valence-corrected chi connectivity index (χ2v) is 4.92. The highest BCUT2D eigenvalue weighted by Gasteiger charge is 2.24. The van der Waals surface area contributed by atoms with Gasteiger partial charge in [-0.15, -0.1) is 0 Å². The summed E-state index contributed by atoms with van der Waals surface area (Å²) in [6.45, 7) is 8.28. The lowest BCUT2D eigenvalue weighted by atomic mass is 10.0. The van der Waals surface area contributed by atoms with Crippen molar-refractivity contribution < 1.29 is 0 Å². The van der Waals surface area contributed by atoms with Crippen molar-refractivity contribution in [1.82, 2.24) is 10.2 Å². The van der Waals surface area contributed by atoms with E-state index >= 15 is 0 Å². The van der Waals surface area contributed by atoms with Crippen molar-refractivity contribution >= 4 is 0 Å². The molecule has 2 unspecified atom stereocenters. The van der Waals surface area contributed by atoms with E-state index in [-0.39, 0.29) is 0 Å². The van der Waals surface area contributed by atoms with Crippen molar-refractivity contribution in [3.8, 4) is 0 Å². The van der Waals surface area contributed by atoms with Gasteiger partial charge in [-0.05, 0) is 32.6 Å². The average molecular weight is 194 g/mol. The fourth-order valence-electron chi connectivity index (χ4n) is 2.51. The number of piperazine rings is 1. The van der Waals surface area contributed by atoms with Gasteiger partial charge in [0.2, 0.25) is 0 Å². The Labute approximate surface area is 87.4 Å². The number of hydrogen-bond donors (Lipinski definition) is 1. The fraction of sp³-hybridized carbons (Fsp3) is 0.833. The maximum absolute atomic E-state index is 3.53. The van der Waals surface area contributed by atoms with Gasteiger partial charge in [-0.1, -0.05) is 12.2 Å². The summed E-state index contributed by atoms with van der Waals surface area (Å²) >= 11 is 0. The van der Waals surface area contributed by atoms with Crippen molar-refractivity contribution in [1.29, 1.82) is 0 Å². The molecule has 0 aromatic rings. The van der Waals surface area contributed by atoms with Crippen molar-refractivity contribution in [2.75, 3.05) is 19.6 Å². The highest BCUT2D eigenvalue weighted by atomic mass is 15.2. The Morgan fingerprint density at radius 1 is 1.29 bits per heavy atom. The minimum Gasteiger partial charge on any atom is -0.311 e. The first-order valence-electron chi connectivity index (χ1n) is 5.88. The summed E-state index contributed by atoms with van der Waals surface area (Å²) in [5.74, 6) is 0.891. The van der Waals surface area contributed by atoms with Crippen molar-refractivity contribution in [2.45, 2.75) is 38.8 Å². The molecule has 2 rings (SSSR count). The smallest absolute Gasteiger partial charge is 0.0193 e. The zero-order valence-corrected chi connectivity index (χ0v) is 9.37. The van der Waals surface area contributed by atoms with Gasteiger partial charge in [0.05, 0.1) is 0 Å². The molecule has 80 valence electrons. The van der Waals surface area contributed by atoms with Gasteiger partial charge in [0.25, 0.3) is 0 Å². The van der Waals surface area contributed by atoms with E-state index < -0.39 is 0 Å². The maximum Gasteiger partial charge on any atom is 0.0193 e. The Morgan fingerprint density at radius 2 is 2.00 bits per heavy atom. The van der Waals surface area contributed by atoms with Gasteiger partial charge in [-0.3, -0.25) is 4.90 Å². The summed E-state index contributed by atoms with van der Waals surface area (Å²) in [5.41, 5.74) is 0. The molecule has 1 aliphatic heterocycles. The zero-order valence-electron chi connectivity index (χ0n) is 9.37. The number of hydrogen-bond acceptors (Lipinski definition) is 2. The lowest BCUT2D eigenvalue weighted by Crippen LogP contribution is -2.55. The SMILES string of the molecule is CC1CN(CC2CC=CC2)C(C)CN1. The van der Waals surface area contributed by atoms with Crippen LogP contribution in [0.1, 0.15) is 26.7 Å². The number of rotatable bonds is 2. The van der Waals surface area contributed by atoms with E-state index in [1.165, 1.54) is 25.9 Å². The fourth-order valence-corrected chi connectivity index (χ4v) is 2.51. The molecule has 0 amide bonds. The highest BCUT2D eigenvalue weighted by Crippen LogP contribution is 2.20. The first-order valence-corrected chi connectivity index (χ1v) is 5.88.